The predicted molar refractivity (Wildman–Crippen MR) is 300 cm³/mol. The van der Waals surface area contributed by atoms with Crippen molar-refractivity contribution in [2.45, 2.75) is 37.5 Å². The van der Waals surface area contributed by atoms with Crippen molar-refractivity contribution in [2.24, 2.45) is 23.7 Å². The lowest BCUT2D eigenvalue weighted by molar-refractivity contribution is -0.0399. The molecule has 4 saturated carbocycles. The summed E-state index contributed by atoms with van der Waals surface area (Å²) < 4.78 is 4.87. The van der Waals surface area contributed by atoms with E-state index in [0.29, 0.717) is 0 Å². The molecule has 0 N–H and O–H groups in total. The SMILES string of the molecule is c1ccc(-c2cccc(-n3c4ccccc4c4cc(-c5ccc6c7ccccc7n(-c7ccc(-c8ccc(-c9ccc%10c(c9)C9(c%11ccccc%11-%10)C%10CC%11CC(C%10)CC9C%11)cc8)cc7)c6c5)ccc43)c2)cc1. The number of hydrogen-bond donors (Lipinski definition) is 0. The zero-order valence-corrected chi connectivity index (χ0v) is 40.2. The van der Waals surface area contributed by atoms with Gasteiger partial charge in [0.05, 0.1) is 22.1 Å². The first-order chi connectivity index (χ1) is 35.6. The minimum atomic E-state index is 0.184. The molecule has 12 aromatic rings. The fraction of sp³-hybridized carbons (Fsp3) is 0.143. The van der Waals surface area contributed by atoms with Crippen LogP contribution in [0.2, 0.25) is 0 Å². The van der Waals surface area contributed by atoms with Crippen LogP contribution in [0.5, 0.6) is 0 Å². The van der Waals surface area contributed by atoms with E-state index in [9.17, 15) is 0 Å². The minimum Gasteiger partial charge on any atom is -0.309 e. The third kappa shape index (κ3) is 5.84. The number of benzene rings is 10. The van der Waals surface area contributed by atoms with E-state index < -0.39 is 0 Å². The fourth-order valence-corrected chi connectivity index (χ4v) is 15.3. The van der Waals surface area contributed by atoms with Gasteiger partial charge in [0.1, 0.15) is 0 Å². The molecular weight excluding hydrogens is 869 g/mol. The molecule has 0 unspecified atom stereocenters. The molecule has 5 aliphatic carbocycles. The molecule has 2 aromatic heterocycles. The molecule has 0 radical (unpaired) electrons. The molecule has 72 heavy (non-hydrogen) atoms. The molecule has 342 valence electrons. The zero-order valence-electron chi connectivity index (χ0n) is 40.2. The number of fused-ring (bicyclic) bond motifs is 9. The first kappa shape index (κ1) is 40.5. The lowest BCUT2D eigenvalue weighted by Crippen LogP contribution is -2.55. The average Bonchev–Trinajstić information content (AvgIpc) is 4.06. The number of nitrogens with zero attached hydrogens (tertiary/aromatic N) is 2. The maximum atomic E-state index is 2.61. The summed E-state index contributed by atoms with van der Waals surface area (Å²) in [5, 5.41) is 5.03. The lowest BCUT2D eigenvalue weighted by atomic mass is 9.43. The smallest absolute Gasteiger partial charge is 0.0547 e. The molecule has 4 bridgehead atoms. The van der Waals surface area contributed by atoms with E-state index in [0.717, 1.165) is 35.0 Å². The van der Waals surface area contributed by atoms with Gasteiger partial charge in [-0.1, -0.05) is 170 Å². The highest BCUT2D eigenvalue weighted by molar-refractivity contribution is 6.12. The highest BCUT2D eigenvalue weighted by atomic mass is 15.0. The van der Waals surface area contributed by atoms with Crippen LogP contribution in [0.15, 0.2) is 231 Å². The van der Waals surface area contributed by atoms with Gasteiger partial charge in [-0.05, 0) is 183 Å². The highest BCUT2D eigenvalue weighted by Gasteiger charge is 2.61. The summed E-state index contributed by atoms with van der Waals surface area (Å²) in [7, 11) is 0. The van der Waals surface area contributed by atoms with Crippen molar-refractivity contribution in [3.8, 4) is 67.0 Å². The molecule has 17 rings (SSSR count). The Kier molecular flexibility index (Phi) is 8.67. The third-order valence-electron chi connectivity index (χ3n) is 18.1. The van der Waals surface area contributed by atoms with Crippen LogP contribution in [-0.2, 0) is 5.41 Å². The van der Waals surface area contributed by atoms with Crippen molar-refractivity contribution >= 4 is 43.6 Å². The van der Waals surface area contributed by atoms with E-state index in [1.54, 1.807) is 11.1 Å². The van der Waals surface area contributed by atoms with Crippen molar-refractivity contribution in [2.75, 3.05) is 0 Å². The van der Waals surface area contributed by atoms with Crippen LogP contribution in [0.25, 0.3) is 111 Å². The summed E-state index contributed by atoms with van der Waals surface area (Å²) in [5.41, 5.74) is 23.5. The van der Waals surface area contributed by atoms with Gasteiger partial charge < -0.3 is 9.13 Å². The molecule has 2 heterocycles. The van der Waals surface area contributed by atoms with Gasteiger partial charge in [-0.2, -0.15) is 0 Å². The normalized spacial score (nSPS) is 20.6. The van der Waals surface area contributed by atoms with Crippen molar-refractivity contribution in [3.05, 3.63) is 242 Å². The molecule has 0 atom stereocenters. The van der Waals surface area contributed by atoms with Crippen LogP contribution < -0.4 is 0 Å². The van der Waals surface area contributed by atoms with Gasteiger partial charge in [-0.3, -0.25) is 0 Å². The fourth-order valence-electron chi connectivity index (χ4n) is 15.3. The van der Waals surface area contributed by atoms with Crippen LogP contribution in [0.1, 0.15) is 43.2 Å². The number of aromatic nitrogens is 2. The largest absolute Gasteiger partial charge is 0.309 e. The first-order valence-electron chi connectivity index (χ1n) is 26.3. The molecule has 5 aliphatic rings. The van der Waals surface area contributed by atoms with Crippen molar-refractivity contribution in [1.29, 1.82) is 0 Å². The Morgan fingerprint density at radius 3 is 1.51 bits per heavy atom. The van der Waals surface area contributed by atoms with E-state index in [2.05, 4.69) is 240 Å². The Morgan fingerprint density at radius 1 is 0.278 bits per heavy atom. The van der Waals surface area contributed by atoms with E-state index in [1.807, 2.05) is 0 Å². The highest BCUT2D eigenvalue weighted by Crippen LogP contribution is 2.69. The second-order valence-electron chi connectivity index (χ2n) is 21.7. The third-order valence-corrected chi connectivity index (χ3v) is 18.1. The first-order valence-corrected chi connectivity index (χ1v) is 26.3. The summed E-state index contributed by atoms with van der Waals surface area (Å²) >= 11 is 0. The van der Waals surface area contributed by atoms with Crippen LogP contribution in [-0.4, -0.2) is 9.13 Å². The molecule has 0 saturated heterocycles. The van der Waals surface area contributed by atoms with Crippen molar-refractivity contribution in [3.63, 3.8) is 0 Å². The minimum absolute atomic E-state index is 0.184. The maximum absolute atomic E-state index is 2.61. The average molecular weight is 921 g/mol. The predicted octanol–water partition coefficient (Wildman–Crippen LogP) is 18.3. The van der Waals surface area contributed by atoms with Gasteiger partial charge >= 0.3 is 0 Å². The zero-order chi connectivity index (χ0) is 47.1. The molecule has 1 spiro atoms. The monoisotopic (exact) mass is 920 g/mol. The van der Waals surface area contributed by atoms with E-state index in [4.69, 9.17) is 0 Å². The molecule has 2 nitrogen and oxygen atoms in total. The summed E-state index contributed by atoms with van der Waals surface area (Å²) in [4.78, 5) is 0. The van der Waals surface area contributed by atoms with Crippen molar-refractivity contribution in [1.82, 2.24) is 9.13 Å². The second-order valence-corrected chi connectivity index (χ2v) is 21.7. The topological polar surface area (TPSA) is 9.86 Å². The van der Waals surface area contributed by atoms with E-state index >= 15 is 0 Å². The Hall–Kier alpha value is -8.20. The van der Waals surface area contributed by atoms with Gasteiger partial charge in [0.2, 0.25) is 0 Å². The van der Waals surface area contributed by atoms with Crippen LogP contribution in [0.4, 0.5) is 0 Å². The number of para-hydroxylation sites is 2. The standard InChI is InChI=1S/C70H52N2/c1-2-11-46(12-3-1)50-13-10-14-57(40-50)72-67-20-9-6-17-61(67)63-41-51(29-34-68(63)72)53-28-33-62-60-16-5-8-19-66(60)71(69(62)43-53)56-30-25-48(26-31-56)47-21-23-49(24-22-47)52-27-32-59-58-15-4-7-18-64(58)70(65(59)42-52)54-36-44-35-45(38-54)39-55(70)37-44/h1-34,40-45,54-55H,35-39H2. The quantitative estimate of drug-likeness (QED) is 0.157. The van der Waals surface area contributed by atoms with E-state index in [-0.39, 0.29) is 5.41 Å². The van der Waals surface area contributed by atoms with Gasteiger partial charge in [0.15, 0.2) is 0 Å². The Bertz CT molecular complexity index is 4120. The van der Waals surface area contributed by atoms with Crippen LogP contribution in [0.3, 0.4) is 0 Å². The van der Waals surface area contributed by atoms with Gasteiger partial charge in [-0.25, -0.2) is 0 Å². The molecular formula is C70H52N2. The van der Waals surface area contributed by atoms with Gasteiger partial charge in [-0.15, -0.1) is 0 Å². The Labute approximate surface area is 420 Å². The molecule has 10 aromatic carbocycles. The summed E-state index contributed by atoms with van der Waals surface area (Å²) in [6, 6.07) is 86.8. The number of hydrogen-bond acceptors (Lipinski definition) is 0. The van der Waals surface area contributed by atoms with Crippen molar-refractivity contribution < 1.29 is 0 Å². The Balaban J connectivity index is 0.735. The molecule has 4 fully saturated rings. The molecule has 2 heteroatoms. The van der Waals surface area contributed by atoms with Gasteiger partial charge in [0.25, 0.3) is 0 Å². The van der Waals surface area contributed by atoms with Crippen LogP contribution >= 0.6 is 0 Å². The van der Waals surface area contributed by atoms with Gasteiger partial charge in [0, 0.05) is 38.3 Å². The summed E-state index contributed by atoms with van der Waals surface area (Å²) in [6.07, 6.45) is 7.12. The lowest BCUT2D eigenvalue weighted by Gasteiger charge is -2.61. The number of rotatable bonds is 6. The summed E-state index contributed by atoms with van der Waals surface area (Å²) in [5.74, 6) is 3.43. The molecule has 0 amide bonds. The van der Waals surface area contributed by atoms with Crippen LogP contribution in [0, 0.1) is 23.7 Å². The Morgan fingerprint density at radius 2 is 0.764 bits per heavy atom. The second kappa shape index (κ2) is 15.4. The van der Waals surface area contributed by atoms with E-state index in [1.165, 1.54) is 131 Å². The summed E-state index contributed by atoms with van der Waals surface area (Å²) in [6.45, 7) is 0. The maximum Gasteiger partial charge on any atom is 0.0547 e. The molecule has 0 aliphatic heterocycles.